The fourth-order valence-electron chi connectivity index (χ4n) is 1.60. The molecule has 1 atom stereocenters. The van der Waals surface area contributed by atoms with Crippen LogP contribution >= 0.6 is 0 Å². The van der Waals surface area contributed by atoms with Crippen LogP contribution in [0.1, 0.15) is 0 Å². The van der Waals surface area contributed by atoms with Crippen LogP contribution in [0.4, 0.5) is 65.9 Å². The SMILES string of the molecule is CN(C)C(F)(F)C(F)(C(F)(F)F)C(F)(F)C(F)(C(F)(F)F)C(F)(F)F. The van der Waals surface area contributed by atoms with Gasteiger partial charge in [-0.15, -0.1) is 0 Å². The standard InChI is InChI=1S/C9H6F15N/c1-25(2)9(23,24)4(11,8(20,21)22)5(12,13)3(10,6(14,15)16)7(17,18)19/h1-2H3. The minimum Gasteiger partial charge on any atom is -0.247 e. The van der Waals surface area contributed by atoms with E-state index in [9.17, 15) is 65.9 Å². The molecule has 152 valence electrons. The predicted octanol–water partition coefficient (Wildman–Crippen LogP) is 4.88. The Bertz CT molecular complexity index is 469. The van der Waals surface area contributed by atoms with Crippen molar-refractivity contribution in [3.8, 4) is 0 Å². The molecule has 0 rings (SSSR count). The van der Waals surface area contributed by atoms with E-state index in [1.165, 1.54) is 0 Å². The van der Waals surface area contributed by atoms with Crippen LogP contribution in [0.15, 0.2) is 0 Å². The summed E-state index contributed by atoms with van der Waals surface area (Å²) in [4.78, 5) is -1.37. The van der Waals surface area contributed by atoms with E-state index in [1.807, 2.05) is 0 Å². The second-order valence-electron chi connectivity index (χ2n) is 4.82. The maximum Gasteiger partial charge on any atom is 0.437 e. The van der Waals surface area contributed by atoms with Gasteiger partial charge in [0.25, 0.3) is 0 Å². The summed E-state index contributed by atoms with van der Waals surface area (Å²) in [5.74, 6) is -8.37. The zero-order valence-corrected chi connectivity index (χ0v) is 11.6. The Balaban J connectivity index is 7.16. The lowest BCUT2D eigenvalue weighted by molar-refractivity contribution is -0.466. The van der Waals surface area contributed by atoms with Crippen molar-refractivity contribution in [2.24, 2.45) is 0 Å². The number of rotatable bonds is 4. The van der Waals surface area contributed by atoms with Crippen molar-refractivity contribution in [2.75, 3.05) is 14.1 Å². The molecule has 0 aromatic rings. The molecular weight excluding hydrogens is 407 g/mol. The quantitative estimate of drug-likeness (QED) is 0.469. The number of hydrogen-bond donors (Lipinski definition) is 0. The van der Waals surface area contributed by atoms with E-state index in [4.69, 9.17) is 0 Å². The molecule has 0 spiro atoms. The molecule has 16 heteroatoms. The first-order chi connectivity index (χ1) is 10.4. The number of halogens is 15. The molecule has 0 bridgehead atoms. The van der Waals surface area contributed by atoms with E-state index in [-0.39, 0.29) is 14.1 Å². The summed E-state index contributed by atoms with van der Waals surface area (Å²) >= 11 is 0. The van der Waals surface area contributed by atoms with Gasteiger partial charge in [-0.25, -0.2) is 13.7 Å². The molecule has 0 aliphatic heterocycles. The zero-order valence-electron chi connectivity index (χ0n) is 11.6. The molecule has 0 fully saturated rings. The van der Waals surface area contributed by atoms with Gasteiger partial charge in [0.05, 0.1) is 0 Å². The van der Waals surface area contributed by atoms with Gasteiger partial charge in [-0.05, 0) is 14.1 Å². The van der Waals surface area contributed by atoms with Crippen LogP contribution in [0.2, 0.25) is 0 Å². The highest BCUT2D eigenvalue weighted by Crippen LogP contribution is 2.65. The molecule has 0 aromatic heterocycles. The van der Waals surface area contributed by atoms with Crippen molar-refractivity contribution >= 4 is 0 Å². The summed E-state index contributed by atoms with van der Waals surface area (Å²) in [7, 11) is -0.533. The first-order valence-corrected chi connectivity index (χ1v) is 5.45. The smallest absolute Gasteiger partial charge is 0.247 e. The highest BCUT2D eigenvalue weighted by molar-refractivity contribution is 5.20. The third-order valence-electron chi connectivity index (χ3n) is 3.01. The zero-order chi connectivity index (χ0) is 21.1. The molecule has 0 N–H and O–H groups in total. The van der Waals surface area contributed by atoms with Crippen LogP contribution in [-0.4, -0.2) is 60.8 Å². The van der Waals surface area contributed by atoms with E-state index in [2.05, 4.69) is 0 Å². The summed E-state index contributed by atoms with van der Waals surface area (Å²) in [6.45, 7) is 0. The molecule has 0 saturated heterocycles. The fourth-order valence-corrected chi connectivity index (χ4v) is 1.60. The molecule has 0 saturated carbocycles. The second kappa shape index (κ2) is 5.70. The largest absolute Gasteiger partial charge is 0.437 e. The molecule has 0 aliphatic carbocycles. The molecule has 0 amide bonds. The van der Waals surface area contributed by atoms with Crippen LogP contribution < -0.4 is 0 Å². The highest BCUT2D eigenvalue weighted by Gasteiger charge is 2.97. The van der Waals surface area contributed by atoms with Crippen molar-refractivity contribution < 1.29 is 65.9 Å². The first kappa shape index (κ1) is 23.9. The Labute approximate surface area is 128 Å². The third-order valence-corrected chi connectivity index (χ3v) is 3.01. The fraction of sp³-hybridized carbons (Fsp3) is 1.00. The van der Waals surface area contributed by atoms with Crippen LogP contribution in [0.5, 0.6) is 0 Å². The molecule has 1 nitrogen and oxygen atoms in total. The minimum absolute atomic E-state index is 0.267. The second-order valence-corrected chi connectivity index (χ2v) is 4.82. The molecular formula is C9H6F15N. The number of nitrogens with zero attached hydrogens (tertiary/aromatic N) is 1. The van der Waals surface area contributed by atoms with Crippen molar-refractivity contribution in [2.45, 2.75) is 41.8 Å². The highest BCUT2D eigenvalue weighted by atomic mass is 19.4. The van der Waals surface area contributed by atoms with E-state index in [1.54, 1.807) is 0 Å². The normalized spacial score (nSPS) is 18.5. The summed E-state index contributed by atoms with van der Waals surface area (Å²) in [5.41, 5.74) is -16.2. The molecule has 1 unspecified atom stereocenters. The summed E-state index contributed by atoms with van der Waals surface area (Å²) in [6, 6.07) is -6.73. The molecule has 0 aliphatic rings. The van der Waals surface area contributed by atoms with Crippen LogP contribution in [0, 0.1) is 0 Å². The molecule has 25 heavy (non-hydrogen) atoms. The maximum absolute atomic E-state index is 13.8. The van der Waals surface area contributed by atoms with Gasteiger partial charge in [-0.3, -0.25) is 0 Å². The number of alkyl halides is 15. The monoisotopic (exact) mass is 413 g/mol. The van der Waals surface area contributed by atoms with Crippen molar-refractivity contribution in [1.82, 2.24) is 4.90 Å². The van der Waals surface area contributed by atoms with Crippen LogP contribution in [0.3, 0.4) is 0 Å². The van der Waals surface area contributed by atoms with E-state index >= 15 is 0 Å². The third kappa shape index (κ3) is 2.89. The Hall–Kier alpha value is -1.09. The maximum atomic E-state index is 13.8. The van der Waals surface area contributed by atoms with E-state index in [0.717, 1.165) is 0 Å². The molecule has 0 heterocycles. The lowest BCUT2D eigenvalue weighted by atomic mass is 9.80. The summed E-state index contributed by atoms with van der Waals surface area (Å²) in [6.07, 6.45) is -23.6. The van der Waals surface area contributed by atoms with Gasteiger partial charge in [0.15, 0.2) is 0 Å². The van der Waals surface area contributed by atoms with Crippen molar-refractivity contribution in [3.63, 3.8) is 0 Å². The van der Waals surface area contributed by atoms with Gasteiger partial charge in [-0.1, -0.05) is 0 Å². The summed E-state index contributed by atoms with van der Waals surface area (Å²) in [5, 5.41) is 0. The first-order valence-electron chi connectivity index (χ1n) is 5.45. The van der Waals surface area contributed by atoms with Gasteiger partial charge in [0, 0.05) is 0 Å². The molecule has 0 radical (unpaired) electrons. The van der Waals surface area contributed by atoms with Gasteiger partial charge in [0.2, 0.25) is 0 Å². The predicted molar refractivity (Wildman–Crippen MR) is 49.4 cm³/mol. The lowest BCUT2D eigenvalue weighted by Crippen LogP contribution is -2.80. The topological polar surface area (TPSA) is 3.24 Å². The van der Waals surface area contributed by atoms with Crippen molar-refractivity contribution in [1.29, 1.82) is 0 Å². The van der Waals surface area contributed by atoms with Gasteiger partial charge in [0.1, 0.15) is 0 Å². The Morgan fingerprint density at radius 2 is 0.680 bits per heavy atom. The molecule has 0 aromatic carbocycles. The van der Waals surface area contributed by atoms with Gasteiger partial charge < -0.3 is 0 Å². The van der Waals surface area contributed by atoms with E-state index < -0.39 is 46.7 Å². The van der Waals surface area contributed by atoms with Gasteiger partial charge >= 0.3 is 41.8 Å². The number of hydrogen-bond acceptors (Lipinski definition) is 1. The lowest BCUT2D eigenvalue weighted by Gasteiger charge is -2.47. The van der Waals surface area contributed by atoms with E-state index in [0.29, 0.717) is 0 Å². The van der Waals surface area contributed by atoms with Crippen LogP contribution in [-0.2, 0) is 0 Å². The average molecular weight is 413 g/mol. The average Bonchev–Trinajstić information content (AvgIpc) is 2.31. The van der Waals surface area contributed by atoms with Gasteiger partial charge in [-0.2, -0.15) is 57.1 Å². The minimum atomic E-state index is -8.37. The Morgan fingerprint density at radius 1 is 0.440 bits per heavy atom. The Morgan fingerprint density at radius 3 is 0.840 bits per heavy atom. The van der Waals surface area contributed by atoms with Crippen LogP contribution in [0.25, 0.3) is 0 Å². The Kier molecular flexibility index (Phi) is 5.46. The summed E-state index contributed by atoms with van der Waals surface area (Å²) < 4.78 is 192. The van der Waals surface area contributed by atoms with Crippen molar-refractivity contribution in [3.05, 3.63) is 0 Å².